The highest BCUT2D eigenvalue weighted by Gasteiger charge is 2.41. The fourth-order valence-corrected chi connectivity index (χ4v) is 3.43. The SMILES string of the molecule is O=C1Nc2cccc(Cl)c2C2(CCCCC2)N1. The van der Waals surface area contributed by atoms with E-state index in [2.05, 4.69) is 10.6 Å². The fourth-order valence-electron chi connectivity index (χ4n) is 3.08. The lowest BCUT2D eigenvalue weighted by atomic mass is 9.75. The highest BCUT2D eigenvalue weighted by Crippen LogP contribution is 2.45. The van der Waals surface area contributed by atoms with E-state index in [1.807, 2.05) is 18.2 Å². The van der Waals surface area contributed by atoms with Gasteiger partial charge in [0.05, 0.1) is 5.54 Å². The predicted octanol–water partition coefficient (Wildman–Crippen LogP) is 3.63. The zero-order valence-electron chi connectivity index (χ0n) is 9.55. The number of anilines is 1. The van der Waals surface area contributed by atoms with Crippen molar-refractivity contribution in [2.45, 2.75) is 37.6 Å². The number of hydrogen-bond donors (Lipinski definition) is 2. The number of amides is 2. The summed E-state index contributed by atoms with van der Waals surface area (Å²) >= 11 is 6.32. The molecule has 1 aromatic rings. The molecule has 90 valence electrons. The van der Waals surface area contributed by atoms with Crippen LogP contribution in [-0.4, -0.2) is 6.03 Å². The van der Waals surface area contributed by atoms with Crippen molar-refractivity contribution >= 4 is 23.3 Å². The standard InChI is InChI=1S/C13H15ClN2O/c14-9-5-4-6-10-11(9)13(16-12(17)15-10)7-2-1-3-8-13/h4-6H,1-3,7-8H2,(H2,15,16,17). The van der Waals surface area contributed by atoms with Crippen LogP contribution >= 0.6 is 11.6 Å². The van der Waals surface area contributed by atoms with E-state index in [1.54, 1.807) is 0 Å². The minimum Gasteiger partial charge on any atom is -0.328 e. The van der Waals surface area contributed by atoms with Crippen LogP contribution in [0.4, 0.5) is 10.5 Å². The summed E-state index contributed by atoms with van der Waals surface area (Å²) < 4.78 is 0. The van der Waals surface area contributed by atoms with E-state index in [9.17, 15) is 4.79 Å². The zero-order chi connectivity index (χ0) is 11.9. The van der Waals surface area contributed by atoms with Crippen LogP contribution in [0.1, 0.15) is 37.7 Å². The first-order valence-electron chi connectivity index (χ1n) is 6.09. The molecule has 0 saturated heterocycles. The molecule has 4 heteroatoms. The molecule has 0 radical (unpaired) electrons. The monoisotopic (exact) mass is 250 g/mol. The molecule has 17 heavy (non-hydrogen) atoms. The topological polar surface area (TPSA) is 41.1 Å². The molecule has 2 aliphatic rings. The van der Waals surface area contributed by atoms with Gasteiger partial charge in [-0.3, -0.25) is 0 Å². The smallest absolute Gasteiger partial charge is 0.319 e. The van der Waals surface area contributed by atoms with Crippen molar-refractivity contribution in [2.75, 3.05) is 5.32 Å². The van der Waals surface area contributed by atoms with Crippen LogP contribution in [0.25, 0.3) is 0 Å². The Morgan fingerprint density at radius 1 is 1.18 bits per heavy atom. The Labute approximate surface area is 106 Å². The molecule has 3 rings (SSSR count). The molecular formula is C13H15ClN2O. The lowest BCUT2D eigenvalue weighted by molar-refractivity contribution is 0.209. The molecule has 2 amide bonds. The normalized spacial score (nSPS) is 21.6. The number of nitrogens with one attached hydrogen (secondary N) is 2. The van der Waals surface area contributed by atoms with E-state index < -0.39 is 0 Å². The van der Waals surface area contributed by atoms with Crippen molar-refractivity contribution in [1.82, 2.24) is 5.32 Å². The fraction of sp³-hybridized carbons (Fsp3) is 0.462. The molecule has 0 aromatic heterocycles. The van der Waals surface area contributed by atoms with Gasteiger partial charge in [-0.25, -0.2) is 4.79 Å². The summed E-state index contributed by atoms with van der Waals surface area (Å²) in [4.78, 5) is 11.7. The van der Waals surface area contributed by atoms with Crippen LogP contribution in [0.3, 0.4) is 0 Å². The number of carbonyl (C=O) groups is 1. The maximum Gasteiger partial charge on any atom is 0.319 e. The van der Waals surface area contributed by atoms with Gasteiger partial charge in [-0.05, 0) is 25.0 Å². The molecule has 1 heterocycles. The number of carbonyl (C=O) groups excluding carboxylic acids is 1. The zero-order valence-corrected chi connectivity index (χ0v) is 10.3. The van der Waals surface area contributed by atoms with Crippen LogP contribution in [-0.2, 0) is 5.54 Å². The molecule has 1 aromatic carbocycles. The average molecular weight is 251 g/mol. The summed E-state index contributed by atoms with van der Waals surface area (Å²) in [5.41, 5.74) is 1.69. The van der Waals surface area contributed by atoms with Gasteiger partial charge in [0.1, 0.15) is 0 Å². The van der Waals surface area contributed by atoms with Gasteiger partial charge >= 0.3 is 6.03 Å². The van der Waals surface area contributed by atoms with E-state index >= 15 is 0 Å². The Kier molecular flexibility index (Phi) is 2.51. The van der Waals surface area contributed by atoms with Gasteiger partial charge in [0.25, 0.3) is 0 Å². The van der Waals surface area contributed by atoms with Gasteiger partial charge in [-0.15, -0.1) is 0 Å². The van der Waals surface area contributed by atoms with Crippen LogP contribution in [0.5, 0.6) is 0 Å². The molecule has 1 spiro atoms. The van der Waals surface area contributed by atoms with Crippen LogP contribution < -0.4 is 10.6 Å². The van der Waals surface area contributed by atoms with Gasteiger partial charge < -0.3 is 10.6 Å². The first kappa shape index (κ1) is 10.9. The number of rotatable bonds is 0. The maximum atomic E-state index is 11.7. The summed E-state index contributed by atoms with van der Waals surface area (Å²) in [7, 11) is 0. The summed E-state index contributed by atoms with van der Waals surface area (Å²) in [6.07, 6.45) is 5.50. The third-order valence-corrected chi connectivity index (χ3v) is 4.12. The van der Waals surface area contributed by atoms with Gasteiger partial charge in [-0.2, -0.15) is 0 Å². The molecule has 1 fully saturated rings. The maximum absolute atomic E-state index is 11.7. The molecule has 2 N–H and O–H groups in total. The quantitative estimate of drug-likeness (QED) is 0.725. The second-order valence-corrected chi connectivity index (χ2v) is 5.29. The summed E-state index contributed by atoms with van der Waals surface area (Å²) in [6, 6.07) is 5.59. The Morgan fingerprint density at radius 2 is 1.94 bits per heavy atom. The number of hydrogen-bond acceptors (Lipinski definition) is 1. The largest absolute Gasteiger partial charge is 0.328 e. The van der Waals surface area contributed by atoms with E-state index in [0.717, 1.165) is 42.0 Å². The third-order valence-electron chi connectivity index (χ3n) is 3.80. The number of halogens is 1. The van der Waals surface area contributed by atoms with Crippen LogP contribution in [0.15, 0.2) is 18.2 Å². The number of fused-ring (bicyclic) bond motifs is 2. The first-order chi connectivity index (χ1) is 8.21. The highest BCUT2D eigenvalue weighted by molar-refractivity contribution is 6.32. The van der Waals surface area contributed by atoms with Crippen LogP contribution in [0, 0.1) is 0 Å². The minimum absolute atomic E-state index is 0.110. The van der Waals surface area contributed by atoms with Crippen molar-refractivity contribution in [3.05, 3.63) is 28.8 Å². The lowest BCUT2D eigenvalue weighted by Gasteiger charge is -2.43. The van der Waals surface area contributed by atoms with Crippen molar-refractivity contribution < 1.29 is 4.79 Å². The van der Waals surface area contributed by atoms with Gasteiger partial charge in [-0.1, -0.05) is 36.9 Å². The van der Waals surface area contributed by atoms with Crippen molar-refractivity contribution in [1.29, 1.82) is 0 Å². The third kappa shape index (κ3) is 1.69. The minimum atomic E-state index is -0.242. The van der Waals surface area contributed by atoms with Gasteiger partial charge in [0.2, 0.25) is 0 Å². The highest BCUT2D eigenvalue weighted by atomic mass is 35.5. The van der Waals surface area contributed by atoms with Crippen molar-refractivity contribution in [3.63, 3.8) is 0 Å². The predicted molar refractivity (Wildman–Crippen MR) is 68.4 cm³/mol. The van der Waals surface area contributed by atoms with E-state index in [0.29, 0.717) is 0 Å². The van der Waals surface area contributed by atoms with Gasteiger partial charge in [0.15, 0.2) is 0 Å². The molecular weight excluding hydrogens is 236 g/mol. The van der Waals surface area contributed by atoms with Crippen molar-refractivity contribution in [3.8, 4) is 0 Å². The Balaban J connectivity index is 2.15. The molecule has 0 unspecified atom stereocenters. The Morgan fingerprint density at radius 3 is 2.71 bits per heavy atom. The molecule has 0 atom stereocenters. The molecule has 1 aliphatic heterocycles. The lowest BCUT2D eigenvalue weighted by Crippen LogP contribution is -2.52. The van der Waals surface area contributed by atoms with Crippen molar-refractivity contribution in [2.24, 2.45) is 0 Å². The van der Waals surface area contributed by atoms with E-state index in [4.69, 9.17) is 11.6 Å². The molecule has 0 bridgehead atoms. The Hall–Kier alpha value is -1.22. The second-order valence-electron chi connectivity index (χ2n) is 4.88. The first-order valence-corrected chi connectivity index (χ1v) is 6.47. The molecule has 1 saturated carbocycles. The summed E-state index contributed by atoms with van der Waals surface area (Å²) in [5, 5.41) is 6.68. The second kappa shape index (κ2) is 3.91. The molecule has 1 aliphatic carbocycles. The van der Waals surface area contributed by atoms with Crippen LogP contribution in [0.2, 0.25) is 5.02 Å². The number of urea groups is 1. The average Bonchev–Trinajstić information content (AvgIpc) is 2.29. The Bertz CT molecular complexity index is 466. The molecule has 3 nitrogen and oxygen atoms in total. The van der Waals surface area contributed by atoms with E-state index in [1.165, 1.54) is 6.42 Å². The van der Waals surface area contributed by atoms with Gasteiger partial charge in [0, 0.05) is 16.3 Å². The summed E-state index contributed by atoms with van der Waals surface area (Å²) in [6.45, 7) is 0. The number of benzene rings is 1. The summed E-state index contributed by atoms with van der Waals surface area (Å²) in [5.74, 6) is 0. The van der Waals surface area contributed by atoms with E-state index in [-0.39, 0.29) is 11.6 Å².